The summed E-state index contributed by atoms with van der Waals surface area (Å²) in [6.07, 6.45) is 1.94. The van der Waals surface area contributed by atoms with Crippen molar-refractivity contribution in [1.29, 1.82) is 0 Å². The molecule has 0 aliphatic rings. The highest BCUT2D eigenvalue weighted by Crippen LogP contribution is 2.22. The third-order valence-corrected chi connectivity index (χ3v) is 3.29. The smallest absolute Gasteiger partial charge is 0.122 e. The predicted octanol–water partition coefficient (Wildman–Crippen LogP) is 2.93. The summed E-state index contributed by atoms with van der Waals surface area (Å²) in [6, 6.07) is 8.75. The fourth-order valence-corrected chi connectivity index (χ4v) is 2.08. The number of hydrogen-bond acceptors (Lipinski definition) is 2. The number of nitrogens with one attached hydrogen (secondary N) is 1. The molecule has 0 unspecified atom stereocenters. The normalized spacial score (nSPS) is 11.2. The van der Waals surface area contributed by atoms with E-state index in [0.717, 1.165) is 18.1 Å². The van der Waals surface area contributed by atoms with E-state index >= 15 is 0 Å². The highest BCUT2D eigenvalue weighted by molar-refractivity contribution is 5.59. The Morgan fingerprint density at radius 2 is 1.89 bits per heavy atom. The van der Waals surface area contributed by atoms with Gasteiger partial charge in [0.2, 0.25) is 0 Å². The number of benzene rings is 1. The van der Waals surface area contributed by atoms with Crippen LogP contribution in [0, 0.1) is 0 Å². The second-order valence-corrected chi connectivity index (χ2v) is 4.93. The minimum absolute atomic E-state index is 0.574. The van der Waals surface area contributed by atoms with Crippen molar-refractivity contribution in [3.63, 3.8) is 0 Å². The molecule has 96 valence electrons. The van der Waals surface area contributed by atoms with Crippen LogP contribution in [0.3, 0.4) is 0 Å². The second-order valence-electron chi connectivity index (χ2n) is 4.93. The topological polar surface area (TPSA) is 29.9 Å². The lowest BCUT2D eigenvalue weighted by atomic mass is 10.0. The Kier molecular flexibility index (Phi) is 3.82. The molecule has 0 radical (unpaired) electrons. The van der Waals surface area contributed by atoms with Gasteiger partial charge in [0.15, 0.2) is 0 Å². The molecule has 2 aromatic rings. The van der Waals surface area contributed by atoms with Crippen molar-refractivity contribution in [1.82, 2.24) is 14.9 Å². The molecule has 0 spiro atoms. The molecule has 3 nitrogen and oxygen atoms in total. The maximum atomic E-state index is 4.44. The molecule has 0 saturated heterocycles. The third kappa shape index (κ3) is 2.46. The van der Waals surface area contributed by atoms with Crippen LogP contribution in [0.4, 0.5) is 0 Å². The van der Waals surface area contributed by atoms with Crippen LogP contribution in [0.15, 0.2) is 30.5 Å². The summed E-state index contributed by atoms with van der Waals surface area (Å²) < 4.78 is 2.14. The molecule has 1 aromatic carbocycles. The van der Waals surface area contributed by atoms with Gasteiger partial charge in [0.05, 0.1) is 18.4 Å². The number of rotatable bonds is 4. The Morgan fingerprint density at radius 3 is 2.44 bits per heavy atom. The highest BCUT2D eigenvalue weighted by Gasteiger charge is 2.08. The molecule has 0 atom stereocenters. The van der Waals surface area contributed by atoms with Gasteiger partial charge in [0.1, 0.15) is 5.82 Å². The van der Waals surface area contributed by atoms with Crippen LogP contribution in [-0.4, -0.2) is 16.6 Å². The van der Waals surface area contributed by atoms with E-state index in [4.69, 9.17) is 0 Å². The minimum atomic E-state index is 0.574. The zero-order chi connectivity index (χ0) is 13.1. The summed E-state index contributed by atoms with van der Waals surface area (Å²) >= 11 is 0. The molecule has 0 saturated carbocycles. The molecule has 0 fully saturated rings. The van der Waals surface area contributed by atoms with Gasteiger partial charge in [-0.15, -0.1) is 0 Å². The van der Waals surface area contributed by atoms with Crippen molar-refractivity contribution < 1.29 is 0 Å². The van der Waals surface area contributed by atoms with Crippen molar-refractivity contribution in [2.75, 3.05) is 7.05 Å². The Bertz CT molecular complexity index is 509. The Balaban J connectivity index is 2.31. The first-order valence-corrected chi connectivity index (χ1v) is 6.39. The highest BCUT2D eigenvalue weighted by atomic mass is 15.1. The maximum absolute atomic E-state index is 4.44. The summed E-state index contributed by atoms with van der Waals surface area (Å²) in [4.78, 5) is 4.44. The SMILES string of the molecule is CNCc1ncc(-c2ccc(C(C)C)cc2)n1C. The Morgan fingerprint density at radius 1 is 1.22 bits per heavy atom. The summed E-state index contributed by atoms with van der Waals surface area (Å²) in [5.41, 5.74) is 3.75. The van der Waals surface area contributed by atoms with Gasteiger partial charge < -0.3 is 9.88 Å². The Hall–Kier alpha value is -1.61. The first kappa shape index (κ1) is 12.8. The van der Waals surface area contributed by atoms with Gasteiger partial charge in [-0.05, 0) is 24.1 Å². The lowest BCUT2D eigenvalue weighted by Crippen LogP contribution is -2.10. The van der Waals surface area contributed by atoms with Crippen LogP contribution in [0.1, 0.15) is 31.2 Å². The predicted molar refractivity (Wildman–Crippen MR) is 75.5 cm³/mol. The quantitative estimate of drug-likeness (QED) is 0.894. The third-order valence-electron chi connectivity index (χ3n) is 3.29. The molecule has 0 bridgehead atoms. The zero-order valence-electron chi connectivity index (χ0n) is 11.6. The van der Waals surface area contributed by atoms with E-state index in [1.807, 2.05) is 13.2 Å². The summed E-state index contributed by atoms with van der Waals surface area (Å²) in [7, 11) is 4.00. The van der Waals surface area contributed by atoms with Gasteiger partial charge in [-0.1, -0.05) is 38.1 Å². The van der Waals surface area contributed by atoms with E-state index < -0.39 is 0 Å². The number of imidazole rings is 1. The van der Waals surface area contributed by atoms with Gasteiger partial charge in [0, 0.05) is 7.05 Å². The zero-order valence-corrected chi connectivity index (χ0v) is 11.6. The number of aromatic nitrogens is 2. The molecule has 0 aliphatic carbocycles. The molecule has 0 amide bonds. The molecule has 3 heteroatoms. The molecule has 18 heavy (non-hydrogen) atoms. The van der Waals surface area contributed by atoms with Crippen LogP contribution < -0.4 is 5.32 Å². The average molecular weight is 243 g/mol. The van der Waals surface area contributed by atoms with Gasteiger partial charge in [0.25, 0.3) is 0 Å². The van der Waals surface area contributed by atoms with Gasteiger partial charge in [-0.3, -0.25) is 0 Å². The van der Waals surface area contributed by atoms with Crippen molar-refractivity contribution in [2.45, 2.75) is 26.3 Å². The minimum Gasteiger partial charge on any atom is -0.330 e. The molecule has 1 N–H and O–H groups in total. The van der Waals surface area contributed by atoms with E-state index in [1.54, 1.807) is 0 Å². The van der Waals surface area contributed by atoms with Crippen molar-refractivity contribution in [2.24, 2.45) is 7.05 Å². The van der Waals surface area contributed by atoms with Crippen LogP contribution >= 0.6 is 0 Å². The van der Waals surface area contributed by atoms with Gasteiger partial charge in [-0.25, -0.2) is 4.98 Å². The Labute approximate surface area is 109 Å². The molecule has 1 aromatic heterocycles. The number of nitrogens with zero attached hydrogens (tertiary/aromatic N) is 2. The molecule has 2 rings (SSSR count). The lowest BCUT2D eigenvalue weighted by molar-refractivity contribution is 0.712. The molecule has 1 heterocycles. The average Bonchev–Trinajstić information content (AvgIpc) is 2.72. The standard InChI is InChI=1S/C15H21N3/c1-11(2)12-5-7-13(8-6-12)14-9-17-15(10-16-3)18(14)4/h5-9,11,16H,10H2,1-4H3. The van der Waals surface area contributed by atoms with E-state index in [0.29, 0.717) is 5.92 Å². The first-order chi connectivity index (χ1) is 8.63. The van der Waals surface area contributed by atoms with Crippen molar-refractivity contribution >= 4 is 0 Å². The first-order valence-electron chi connectivity index (χ1n) is 6.39. The summed E-state index contributed by atoms with van der Waals surface area (Å²) in [6.45, 7) is 5.22. The summed E-state index contributed by atoms with van der Waals surface area (Å²) in [5.74, 6) is 1.63. The van der Waals surface area contributed by atoms with Crippen LogP contribution in [-0.2, 0) is 13.6 Å². The maximum Gasteiger partial charge on any atom is 0.122 e. The largest absolute Gasteiger partial charge is 0.330 e. The molecular formula is C15H21N3. The van der Waals surface area contributed by atoms with E-state index in [-0.39, 0.29) is 0 Å². The molecular weight excluding hydrogens is 222 g/mol. The van der Waals surface area contributed by atoms with Crippen LogP contribution in [0.2, 0.25) is 0 Å². The fraction of sp³-hybridized carbons (Fsp3) is 0.400. The summed E-state index contributed by atoms with van der Waals surface area (Å²) in [5, 5.41) is 3.13. The fourth-order valence-electron chi connectivity index (χ4n) is 2.08. The monoisotopic (exact) mass is 243 g/mol. The van der Waals surface area contributed by atoms with E-state index in [9.17, 15) is 0 Å². The van der Waals surface area contributed by atoms with Gasteiger partial charge in [-0.2, -0.15) is 0 Å². The van der Waals surface area contributed by atoms with Crippen LogP contribution in [0.5, 0.6) is 0 Å². The van der Waals surface area contributed by atoms with E-state index in [2.05, 4.69) is 60.0 Å². The van der Waals surface area contributed by atoms with Gasteiger partial charge >= 0.3 is 0 Å². The van der Waals surface area contributed by atoms with Crippen molar-refractivity contribution in [3.05, 3.63) is 41.9 Å². The molecule has 0 aliphatic heterocycles. The number of hydrogen-bond donors (Lipinski definition) is 1. The van der Waals surface area contributed by atoms with E-state index in [1.165, 1.54) is 11.1 Å². The van der Waals surface area contributed by atoms with Crippen molar-refractivity contribution in [3.8, 4) is 11.3 Å². The van der Waals surface area contributed by atoms with Crippen LogP contribution in [0.25, 0.3) is 11.3 Å². The lowest BCUT2D eigenvalue weighted by Gasteiger charge is -2.08. The second kappa shape index (κ2) is 5.36.